The van der Waals surface area contributed by atoms with Crippen LogP contribution in [0.1, 0.15) is 42.1 Å². The number of fused-ring (bicyclic) bond motifs is 1. The zero-order chi connectivity index (χ0) is 20.5. The first kappa shape index (κ1) is 21.2. The minimum Gasteiger partial charge on any atom is -0.352 e. The molecule has 1 aromatic heterocycles. The number of rotatable bonds is 10. The van der Waals surface area contributed by atoms with E-state index in [1.165, 1.54) is 18.6 Å². The highest BCUT2D eigenvalue weighted by molar-refractivity contribution is 7.99. The predicted molar refractivity (Wildman–Crippen MR) is 125 cm³/mol. The van der Waals surface area contributed by atoms with Crippen LogP contribution in [-0.4, -0.2) is 28.9 Å². The van der Waals surface area contributed by atoms with Crippen LogP contribution in [0.4, 0.5) is 11.5 Å². The Labute approximate surface area is 177 Å². The van der Waals surface area contributed by atoms with Crippen LogP contribution in [0.25, 0.3) is 10.9 Å². The van der Waals surface area contributed by atoms with Crippen molar-refractivity contribution < 1.29 is 4.79 Å². The molecule has 2 N–H and O–H groups in total. The van der Waals surface area contributed by atoms with Crippen LogP contribution in [-0.2, 0) is 0 Å². The van der Waals surface area contributed by atoms with Gasteiger partial charge >= 0.3 is 0 Å². The molecule has 0 bridgehead atoms. The number of aromatic nitrogens is 1. The van der Waals surface area contributed by atoms with Crippen molar-refractivity contribution in [1.82, 2.24) is 10.3 Å². The van der Waals surface area contributed by atoms with Gasteiger partial charge in [0.1, 0.15) is 5.82 Å². The summed E-state index contributed by atoms with van der Waals surface area (Å²) in [5, 5.41) is 7.31. The molecule has 0 saturated carbocycles. The monoisotopic (exact) mass is 407 g/mol. The zero-order valence-corrected chi connectivity index (χ0v) is 18.0. The number of thioether (sulfide) groups is 1. The lowest BCUT2D eigenvalue weighted by Gasteiger charge is -2.13. The van der Waals surface area contributed by atoms with Gasteiger partial charge in [0.15, 0.2) is 0 Å². The van der Waals surface area contributed by atoms with Crippen LogP contribution < -0.4 is 10.6 Å². The number of hydrogen-bond donors (Lipinski definition) is 2. The minimum absolute atomic E-state index is 0.0463. The Bertz CT molecular complexity index is 958. The number of nitrogens with one attached hydrogen (secondary N) is 2. The lowest BCUT2D eigenvalue weighted by Crippen LogP contribution is -2.25. The molecule has 0 atom stereocenters. The number of aryl methyl sites for hydroxylation is 1. The van der Waals surface area contributed by atoms with E-state index in [0.717, 1.165) is 34.3 Å². The SMILES string of the molecule is CCCCSCCCNC(=O)c1cc(Nc2ccccc2C)nc2ccccc12. The van der Waals surface area contributed by atoms with Gasteiger partial charge in [-0.15, -0.1) is 0 Å². The normalized spacial score (nSPS) is 10.8. The quantitative estimate of drug-likeness (QED) is 0.408. The van der Waals surface area contributed by atoms with Gasteiger partial charge in [0, 0.05) is 17.6 Å². The van der Waals surface area contributed by atoms with E-state index in [9.17, 15) is 4.79 Å². The Morgan fingerprint density at radius 3 is 2.62 bits per heavy atom. The maximum atomic E-state index is 12.9. The molecule has 0 aliphatic carbocycles. The molecule has 0 unspecified atom stereocenters. The fraction of sp³-hybridized carbons (Fsp3) is 0.333. The molecule has 5 heteroatoms. The fourth-order valence-electron chi connectivity index (χ4n) is 3.10. The van der Waals surface area contributed by atoms with Crippen molar-refractivity contribution in [3.05, 3.63) is 65.7 Å². The first-order valence-electron chi connectivity index (χ1n) is 10.3. The highest BCUT2D eigenvalue weighted by atomic mass is 32.2. The van der Waals surface area contributed by atoms with E-state index in [1.807, 2.05) is 60.3 Å². The maximum Gasteiger partial charge on any atom is 0.252 e. The number of carbonyl (C=O) groups excluding carboxylic acids is 1. The van der Waals surface area contributed by atoms with Crippen molar-refractivity contribution in [3.63, 3.8) is 0 Å². The summed E-state index contributed by atoms with van der Waals surface area (Å²) in [6, 6.07) is 17.7. The summed E-state index contributed by atoms with van der Waals surface area (Å²) in [6.07, 6.45) is 3.48. The molecule has 0 aliphatic heterocycles. The Balaban J connectivity index is 1.72. The molecule has 0 aliphatic rings. The van der Waals surface area contributed by atoms with Gasteiger partial charge in [0.05, 0.1) is 11.1 Å². The predicted octanol–water partition coefficient (Wildman–Crippen LogP) is 5.94. The second-order valence-electron chi connectivity index (χ2n) is 7.09. The number of unbranched alkanes of at least 4 members (excludes halogenated alkanes) is 1. The Kier molecular flexibility index (Phi) is 7.94. The van der Waals surface area contributed by atoms with Gasteiger partial charge in [0.25, 0.3) is 5.91 Å². The number of carbonyl (C=O) groups is 1. The van der Waals surface area contributed by atoms with E-state index in [-0.39, 0.29) is 5.91 Å². The van der Waals surface area contributed by atoms with E-state index < -0.39 is 0 Å². The van der Waals surface area contributed by atoms with Gasteiger partial charge < -0.3 is 10.6 Å². The standard InChI is InChI=1S/C24H29N3OS/c1-3-4-15-29-16-9-14-25-24(28)20-17-23(26-21-12-7-5-10-18(21)2)27-22-13-8-6-11-19(20)22/h5-8,10-13,17H,3-4,9,14-16H2,1-2H3,(H,25,28)(H,26,27). The molecule has 3 aromatic rings. The van der Waals surface area contributed by atoms with E-state index in [1.54, 1.807) is 0 Å². The van der Waals surface area contributed by atoms with Gasteiger partial charge in [-0.25, -0.2) is 4.98 Å². The van der Waals surface area contributed by atoms with Crippen molar-refractivity contribution in [3.8, 4) is 0 Å². The summed E-state index contributed by atoms with van der Waals surface area (Å²) < 4.78 is 0. The Morgan fingerprint density at radius 2 is 1.79 bits per heavy atom. The highest BCUT2D eigenvalue weighted by Crippen LogP contribution is 2.24. The van der Waals surface area contributed by atoms with Gasteiger partial charge in [-0.05, 0) is 55.0 Å². The molecule has 0 saturated heterocycles. The average molecular weight is 408 g/mol. The number of para-hydroxylation sites is 2. The molecule has 29 heavy (non-hydrogen) atoms. The topological polar surface area (TPSA) is 54.0 Å². The molecule has 3 rings (SSSR count). The zero-order valence-electron chi connectivity index (χ0n) is 17.2. The van der Waals surface area contributed by atoms with Crippen molar-refractivity contribution in [2.24, 2.45) is 0 Å². The summed E-state index contributed by atoms with van der Waals surface area (Å²) in [7, 11) is 0. The third kappa shape index (κ3) is 5.97. The molecule has 1 heterocycles. The summed E-state index contributed by atoms with van der Waals surface area (Å²) in [4.78, 5) is 17.6. The fourth-order valence-corrected chi connectivity index (χ4v) is 4.14. The van der Waals surface area contributed by atoms with Gasteiger partial charge in [-0.1, -0.05) is 49.7 Å². The Morgan fingerprint density at radius 1 is 1.03 bits per heavy atom. The minimum atomic E-state index is -0.0463. The van der Waals surface area contributed by atoms with Crippen LogP contribution in [0.2, 0.25) is 0 Å². The van der Waals surface area contributed by atoms with E-state index in [0.29, 0.717) is 17.9 Å². The van der Waals surface area contributed by atoms with Crippen molar-refractivity contribution in [2.45, 2.75) is 33.1 Å². The molecule has 1 amide bonds. The maximum absolute atomic E-state index is 12.9. The summed E-state index contributed by atoms with van der Waals surface area (Å²) >= 11 is 1.96. The third-order valence-corrected chi connectivity index (χ3v) is 5.92. The van der Waals surface area contributed by atoms with E-state index >= 15 is 0 Å². The molecule has 0 radical (unpaired) electrons. The summed E-state index contributed by atoms with van der Waals surface area (Å²) in [6.45, 7) is 4.95. The number of hydrogen-bond acceptors (Lipinski definition) is 4. The van der Waals surface area contributed by atoms with Gasteiger partial charge in [-0.3, -0.25) is 4.79 Å². The lowest BCUT2D eigenvalue weighted by molar-refractivity contribution is 0.0955. The van der Waals surface area contributed by atoms with Crippen LogP contribution >= 0.6 is 11.8 Å². The molecule has 0 spiro atoms. The molecule has 2 aromatic carbocycles. The average Bonchev–Trinajstić information content (AvgIpc) is 2.74. The van der Waals surface area contributed by atoms with Crippen LogP contribution in [0, 0.1) is 6.92 Å². The molecule has 4 nitrogen and oxygen atoms in total. The van der Waals surface area contributed by atoms with E-state index in [2.05, 4.69) is 30.5 Å². The molecular weight excluding hydrogens is 378 g/mol. The van der Waals surface area contributed by atoms with Crippen molar-refractivity contribution >= 4 is 40.1 Å². The first-order valence-corrected chi connectivity index (χ1v) is 11.4. The molecular formula is C24H29N3OS. The van der Waals surface area contributed by atoms with Gasteiger partial charge in [0.2, 0.25) is 0 Å². The van der Waals surface area contributed by atoms with Crippen LogP contribution in [0.3, 0.4) is 0 Å². The summed E-state index contributed by atoms with van der Waals surface area (Å²) in [5.41, 5.74) is 3.59. The smallest absolute Gasteiger partial charge is 0.252 e. The summed E-state index contributed by atoms with van der Waals surface area (Å²) in [5.74, 6) is 2.92. The molecule has 0 fully saturated rings. The second-order valence-corrected chi connectivity index (χ2v) is 8.31. The van der Waals surface area contributed by atoms with Gasteiger partial charge in [-0.2, -0.15) is 11.8 Å². The second kappa shape index (κ2) is 10.9. The largest absolute Gasteiger partial charge is 0.352 e. The van der Waals surface area contributed by atoms with Crippen molar-refractivity contribution in [2.75, 3.05) is 23.4 Å². The first-order chi connectivity index (χ1) is 14.2. The number of nitrogens with zero attached hydrogens (tertiary/aromatic N) is 1. The van der Waals surface area contributed by atoms with Crippen LogP contribution in [0.5, 0.6) is 0 Å². The third-order valence-electron chi connectivity index (χ3n) is 4.76. The van der Waals surface area contributed by atoms with E-state index in [4.69, 9.17) is 4.98 Å². The molecule has 152 valence electrons. The number of pyridine rings is 1. The van der Waals surface area contributed by atoms with Crippen LogP contribution in [0.15, 0.2) is 54.6 Å². The van der Waals surface area contributed by atoms with Crippen molar-refractivity contribution in [1.29, 1.82) is 0 Å². The Hall–Kier alpha value is -2.53. The number of benzene rings is 2. The lowest BCUT2D eigenvalue weighted by atomic mass is 10.1. The number of amides is 1. The highest BCUT2D eigenvalue weighted by Gasteiger charge is 2.13. The number of anilines is 2.